The molecule has 2 aliphatic heterocycles. The summed E-state index contributed by atoms with van der Waals surface area (Å²) in [5.74, 6) is 1.71. The van der Waals surface area contributed by atoms with Crippen molar-refractivity contribution in [3.63, 3.8) is 0 Å². The second kappa shape index (κ2) is 9.40. The maximum atomic E-state index is 15.5. The number of alkyl halides is 1. The van der Waals surface area contributed by atoms with Crippen LogP contribution >= 0.6 is 0 Å². The Labute approximate surface area is 222 Å². The van der Waals surface area contributed by atoms with Gasteiger partial charge in [-0.15, -0.1) is 0 Å². The van der Waals surface area contributed by atoms with Gasteiger partial charge in [0.2, 0.25) is 0 Å². The van der Waals surface area contributed by atoms with Gasteiger partial charge in [-0.05, 0) is 30.7 Å². The Morgan fingerprint density at radius 2 is 2.00 bits per heavy atom. The van der Waals surface area contributed by atoms with Gasteiger partial charge in [-0.25, -0.2) is 19.3 Å². The van der Waals surface area contributed by atoms with Gasteiger partial charge in [0.1, 0.15) is 48.2 Å². The van der Waals surface area contributed by atoms with Gasteiger partial charge < -0.3 is 29.8 Å². The summed E-state index contributed by atoms with van der Waals surface area (Å²) in [6.07, 6.45) is 3.57. The lowest BCUT2D eigenvalue weighted by Gasteiger charge is -2.32. The van der Waals surface area contributed by atoms with Crippen molar-refractivity contribution in [2.75, 3.05) is 30.3 Å². The van der Waals surface area contributed by atoms with Gasteiger partial charge in [0.15, 0.2) is 12.4 Å². The fraction of sp³-hybridized carbons (Fsp3) is 0.296. The van der Waals surface area contributed by atoms with Crippen molar-refractivity contribution in [1.29, 1.82) is 0 Å². The molecule has 0 radical (unpaired) electrons. The molecule has 0 bridgehead atoms. The van der Waals surface area contributed by atoms with E-state index in [1.807, 2.05) is 30.3 Å². The Bertz CT molecular complexity index is 1660. The van der Waals surface area contributed by atoms with Crippen LogP contribution in [0.25, 0.3) is 33.2 Å². The summed E-state index contributed by atoms with van der Waals surface area (Å²) in [6, 6.07) is 9.65. The highest BCUT2D eigenvalue weighted by atomic mass is 19.1. The van der Waals surface area contributed by atoms with E-state index in [4.69, 9.17) is 20.2 Å². The lowest BCUT2D eigenvalue weighted by Crippen LogP contribution is -2.37. The number of halogens is 1. The number of hydrogen-bond donors (Lipinski definition) is 2. The quantitative estimate of drug-likeness (QED) is 0.338. The third-order valence-electron chi connectivity index (χ3n) is 7.29. The van der Waals surface area contributed by atoms with Crippen LogP contribution < -0.4 is 15.4 Å². The molecule has 5 aromatic rings. The zero-order valence-electron chi connectivity index (χ0n) is 20.8. The second-order valence-electron chi connectivity index (χ2n) is 9.67. The molecule has 2 fully saturated rings. The van der Waals surface area contributed by atoms with Crippen molar-refractivity contribution in [2.24, 2.45) is 0 Å². The number of rotatable bonds is 6. The van der Waals surface area contributed by atoms with Crippen LogP contribution in [0, 0.1) is 0 Å². The number of pyridine rings is 1. The Hall–Kier alpha value is -4.42. The second-order valence-corrected chi connectivity index (χ2v) is 9.67. The Kier molecular flexibility index (Phi) is 5.71. The molecule has 1 aromatic carbocycles. The van der Waals surface area contributed by atoms with E-state index < -0.39 is 24.6 Å². The minimum absolute atomic E-state index is 0.0528. The summed E-state index contributed by atoms with van der Waals surface area (Å²) in [5.41, 5.74) is 8.44. The molecule has 3 N–H and O–H groups in total. The number of aromatic nitrogens is 6. The van der Waals surface area contributed by atoms with Crippen molar-refractivity contribution < 1.29 is 19.0 Å². The SMILES string of the molecule is Nc1ncnc2c1c(-c1cnccn1)cn2[C@@H]1O[C@H](COc2ccc3ccc(N4CCC4)nc3c2)[C@@H](O)[C@@H]1F. The van der Waals surface area contributed by atoms with Crippen LogP contribution in [0.1, 0.15) is 12.6 Å². The molecule has 0 aliphatic carbocycles. The topological polar surface area (TPSA) is 137 Å². The summed E-state index contributed by atoms with van der Waals surface area (Å²) in [6.45, 7) is 1.96. The summed E-state index contributed by atoms with van der Waals surface area (Å²) in [7, 11) is 0. The van der Waals surface area contributed by atoms with E-state index >= 15 is 4.39 Å². The molecule has 0 amide bonds. The number of benzene rings is 1. The van der Waals surface area contributed by atoms with Gasteiger partial charge in [0, 0.05) is 48.7 Å². The highest BCUT2D eigenvalue weighted by Gasteiger charge is 2.46. The third-order valence-corrected chi connectivity index (χ3v) is 7.29. The van der Waals surface area contributed by atoms with Gasteiger partial charge in [0.05, 0.1) is 22.8 Å². The fourth-order valence-corrected chi connectivity index (χ4v) is 5.08. The number of anilines is 2. The highest BCUT2D eigenvalue weighted by Crippen LogP contribution is 2.39. The average Bonchev–Trinajstić information content (AvgIpc) is 3.45. The third kappa shape index (κ3) is 4.08. The molecule has 0 spiro atoms. The number of ether oxygens (including phenoxy) is 2. The van der Waals surface area contributed by atoms with E-state index in [1.165, 1.54) is 17.3 Å². The van der Waals surface area contributed by atoms with E-state index in [0.717, 1.165) is 29.8 Å². The molecule has 6 heterocycles. The smallest absolute Gasteiger partial charge is 0.173 e. The van der Waals surface area contributed by atoms with Gasteiger partial charge in [-0.2, -0.15) is 0 Å². The number of nitrogen functional groups attached to an aromatic ring is 1. The minimum Gasteiger partial charge on any atom is -0.491 e. The standard InChI is InChI=1S/C27H25FN8O3/c28-23-24(37)20(13-38-16-4-2-15-3-5-21(34-18(15)10-16)35-8-1-9-35)39-27(23)36-12-17(19-11-30-6-7-31-19)22-25(29)32-14-33-26(22)36/h2-7,10-12,14,20,23-24,27,37H,1,8-9,13H2,(H2,29,32,33)/t20-,23+,24-,27-/m1/s1. The largest absolute Gasteiger partial charge is 0.491 e. The van der Waals surface area contributed by atoms with E-state index in [0.29, 0.717) is 28.0 Å². The predicted octanol–water partition coefficient (Wildman–Crippen LogP) is 2.90. The molecule has 2 saturated heterocycles. The molecular weight excluding hydrogens is 503 g/mol. The fourth-order valence-electron chi connectivity index (χ4n) is 5.08. The van der Waals surface area contributed by atoms with Crippen molar-refractivity contribution in [1.82, 2.24) is 29.5 Å². The van der Waals surface area contributed by atoms with Crippen LogP contribution in [0.3, 0.4) is 0 Å². The van der Waals surface area contributed by atoms with Crippen molar-refractivity contribution in [2.45, 2.75) is 31.0 Å². The minimum atomic E-state index is -1.74. The lowest BCUT2D eigenvalue weighted by molar-refractivity contribution is -0.0410. The monoisotopic (exact) mass is 528 g/mol. The molecule has 7 rings (SSSR count). The van der Waals surface area contributed by atoms with Crippen LogP contribution in [0.2, 0.25) is 0 Å². The Morgan fingerprint density at radius 3 is 2.79 bits per heavy atom. The maximum absolute atomic E-state index is 15.5. The molecule has 4 atom stereocenters. The Balaban J connectivity index is 1.14. The molecule has 2 aliphatic rings. The zero-order chi connectivity index (χ0) is 26.5. The molecule has 198 valence electrons. The molecule has 0 unspecified atom stereocenters. The van der Waals surface area contributed by atoms with Crippen LogP contribution in [0.4, 0.5) is 16.0 Å². The van der Waals surface area contributed by atoms with Crippen LogP contribution in [0.15, 0.2) is 61.4 Å². The van der Waals surface area contributed by atoms with Gasteiger partial charge in [-0.1, -0.05) is 0 Å². The molecular formula is C27H25FN8O3. The molecule has 12 heteroatoms. The molecule has 11 nitrogen and oxygen atoms in total. The van der Waals surface area contributed by atoms with Crippen LogP contribution in [-0.4, -0.2) is 72.7 Å². The summed E-state index contributed by atoms with van der Waals surface area (Å²) >= 11 is 0. The van der Waals surface area contributed by atoms with Crippen LogP contribution in [-0.2, 0) is 4.74 Å². The normalized spacial score (nSPS) is 22.9. The highest BCUT2D eigenvalue weighted by molar-refractivity contribution is 5.99. The van der Waals surface area contributed by atoms with E-state index in [-0.39, 0.29) is 12.4 Å². The summed E-state index contributed by atoms with van der Waals surface area (Å²) in [4.78, 5) is 23.8. The van der Waals surface area contributed by atoms with Crippen molar-refractivity contribution >= 4 is 33.6 Å². The summed E-state index contributed by atoms with van der Waals surface area (Å²) in [5, 5.41) is 12.2. The maximum Gasteiger partial charge on any atom is 0.173 e. The number of aliphatic hydroxyl groups excluding tert-OH is 1. The lowest BCUT2D eigenvalue weighted by atomic mass is 10.1. The van der Waals surface area contributed by atoms with Gasteiger partial charge in [0.25, 0.3) is 0 Å². The van der Waals surface area contributed by atoms with Gasteiger partial charge in [-0.3, -0.25) is 9.97 Å². The number of nitrogens with two attached hydrogens (primary N) is 1. The van der Waals surface area contributed by atoms with E-state index in [9.17, 15) is 5.11 Å². The molecule has 39 heavy (non-hydrogen) atoms. The number of hydrogen-bond acceptors (Lipinski definition) is 10. The summed E-state index contributed by atoms with van der Waals surface area (Å²) < 4.78 is 28.9. The van der Waals surface area contributed by atoms with Crippen molar-refractivity contribution in [3.8, 4) is 17.0 Å². The first-order valence-electron chi connectivity index (χ1n) is 12.7. The predicted molar refractivity (Wildman–Crippen MR) is 142 cm³/mol. The molecule has 0 saturated carbocycles. The first-order valence-corrected chi connectivity index (χ1v) is 12.7. The Morgan fingerprint density at radius 1 is 1.13 bits per heavy atom. The van der Waals surface area contributed by atoms with Crippen LogP contribution in [0.5, 0.6) is 5.75 Å². The number of fused-ring (bicyclic) bond motifs is 2. The zero-order valence-corrected chi connectivity index (χ0v) is 20.8. The van der Waals surface area contributed by atoms with Gasteiger partial charge >= 0.3 is 0 Å². The van der Waals surface area contributed by atoms with Crippen molar-refractivity contribution in [3.05, 3.63) is 61.4 Å². The first kappa shape index (κ1) is 23.7. The molecule has 4 aromatic heterocycles. The number of nitrogens with zero attached hydrogens (tertiary/aromatic N) is 7. The number of aliphatic hydroxyl groups is 1. The average molecular weight is 529 g/mol. The first-order chi connectivity index (χ1) is 19.1. The van der Waals surface area contributed by atoms with E-state index in [2.05, 4.69) is 24.8 Å². The van der Waals surface area contributed by atoms with E-state index in [1.54, 1.807) is 24.8 Å².